The van der Waals surface area contributed by atoms with Crippen LogP contribution in [0.3, 0.4) is 0 Å². The number of nitrogens with two attached hydrogens (primary N) is 1. The Labute approximate surface area is 165 Å². The fourth-order valence-corrected chi connectivity index (χ4v) is 3.64. The van der Waals surface area contributed by atoms with Gasteiger partial charge in [-0.1, -0.05) is 39.2 Å². The molecule has 154 valence electrons. The summed E-state index contributed by atoms with van der Waals surface area (Å²) in [5, 5.41) is 9.74. The van der Waals surface area contributed by atoms with E-state index in [1.807, 2.05) is 12.1 Å². The maximum absolute atomic E-state index is 9.74. The molecule has 0 amide bonds. The summed E-state index contributed by atoms with van der Waals surface area (Å²) in [5.74, 6) is 3.14. The SMILES string of the molecule is COc1cc(O[C@@H](C)CCCC(C)C)ccc1CCC(N)(CO)CC1CC1. The van der Waals surface area contributed by atoms with Crippen molar-refractivity contribution in [2.24, 2.45) is 17.6 Å². The Hall–Kier alpha value is -1.26. The lowest BCUT2D eigenvalue weighted by Gasteiger charge is -2.27. The van der Waals surface area contributed by atoms with Crippen LogP contribution in [0.15, 0.2) is 18.2 Å². The second-order valence-electron chi connectivity index (χ2n) is 8.89. The first kappa shape index (κ1) is 22.0. The van der Waals surface area contributed by atoms with Crippen molar-refractivity contribution in [3.63, 3.8) is 0 Å². The third-order valence-corrected chi connectivity index (χ3v) is 5.59. The molecule has 4 heteroatoms. The lowest BCUT2D eigenvalue weighted by Crippen LogP contribution is -2.44. The molecule has 0 bridgehead atoms. The van der Waals surface area contributed by atoms with Gasteiger partial charge in [0.25, 0.3) is 0 Å². The van der Waals surface area contributed by atoms with Crippen LogP contribution in [0, 0.1) is 11.8 Å². The van der Waals surface area contributed by atoms with Crippen molar-refractivity contribution in [1.29, 1.82) is 0 Å². The van der Waals surface area contributed by atoms with Gasteiger partial charge in [0.1, 0.15) is 11.5 Å². The molecule has 1 saturated carbocycles. The van der Waals surface area contributed by atoms with Crippen LogP contribution in [0.25, 0.3) is 0 Å². The first-order valence-electron chi connectivity index (χ1n) is 10.6. The Morgan fingerprint density at radius 3 is 2.56 bits per heavy atom. The van der Waals surface area contributed by atoms with Crippen LogP contribution in [0.1, 0.15) is 71.3 Å². The quantitative estimate of drug-likeness (QED) is 0.522. The van der Waals surface area contributed by atoms with Gasteiger partial charge in [-0.25, -0.2) is 0 Å². The summed E-state index contributed by atoms with van der Waals surface area (Å²) in [6.45, 7) is 6.68. The van der Waals surface area contributed by atoms with E-state index in [4.69, 9.17) is 15.2 Å². The molecule has 2 atom stereocenters. The van der Waals surface area contributed by atoms with Gasteiger partial charge in [-0.2, -0.15) is 0 Å². The molecule has 1 aliphatic rings. The van der Waals surface area contributed by atoms with Crippen LogP contribution in [0.4, 0.5) is 0 Å². The highest BCUT2D eigenvalue weighted by Crippen LogP contribution is 2.38. The van der Waals surface area contributed by atoms with Gasteiger partial charge in [-0.15, -0.1) is 0 Å². The normalized spacial score (nSPS) is 17.6. The highest BCUT2D eigenvalue weighted by atomic mass is 16.5. The molecule has 0 spiro atoms. The smallest absolute Gasteiger partial charge is 0.125 e. The van der Waals surface area contributed by atoms with Gasteiger partial charge in [0.15, 0.2) is 0 Å². The topological polar surface area (TPSA) is 64.7 Å². The van der Waals surface area contributed by atoms with E-state index in [1.54, 1.807) is 7.11 Å². The van der Waals surface area contributed by atoms with Crippen molar-refractivity contribution in [2.75, 3.05) is 13.7 Å². The fourth-order valence-electron chi connectivity index (χ4n) is 3.64. The van der Waals surface area contributed by atoms with Crippen molar-refractivity contribution in [3.05, 3.63) is 23.8 Å². The van der Waals surface area contributed by atoms with Gasteiger partial charge >= 0.3 is 0 Å². The summed E-state index contributed by atoms with van der Waals surface area (Å²) in [7, 11) is 1.70. The maximum Gasteiger partial charge on any atom is 0.125 e. The fraction of sp³-hybridized carbons (Fsp3) is 0.739. The zero-order valence-electron chi connectivity index (χ0n) is 17.7. The van der Waals surface area contributed by atoms with Crippen LogP contribution in [0.5, 0.6) is 11.5 Å². The first-order valence-corrected chi connectivity index (χ1v) is 10.6. The lowest BCUT2D eigenvalue weighted by molar-refractivity contribution is 0.172. The molecule has 1 aliphatic carbocycles. The summed E-state index contributed by atoms with van der Waals surface area (Å²) in [6.07, 6.45) is 8.68. The standard InChI is InChI=1S/C23H39NO3/c1-17(2)6-5-7-18(3)27-21-11-10-20(22(14-21)26-4)12-13-23(24,16-25)15-19-8-9-19/h10-11,14,17-19,25H,5-9,12-13,15-16,24H2,1-4H3/t18-,23?/m0/s1. The van der Waals surface area contributed by atoms with Gasteiger partial charge in [0, 0.05) is 11.6 Å². The van der Waals surface area contributed by atoms with E-state index < -0.39 is 5.54 Å². The zero-order chi connectivity index (χ0) is 19.9. The van der Waals surface area contributed by atoms with Crippen molar-refractivity contribution in [2.45, 2.75) is 83.8 Å². The largest absolute Gasteiger partial charge is 0.496 e. The number of methoxy groups -OCH3 is 1. The molecule has 1 fully saturated rings. The van der Waals surface area contributed by atoms with E-state index in [1.165, 1.54) is 25.7 Å². The molecule has 1 aromatic rings. The van der Waals surface area contributed by atoms with Crippen molar-refractivity contribution in [3.8, 4) is 11.5 Å². The molecular formula is C23H39NO3. The molecule has 0 aromatic heterocycles. The van der Waals surface area contributed by atoms with E-state index >= 15 is 0 Å². The number of aryl methyl sites for hydroxylation is 1. The molecule has 3 N–H and O–H groups in total. The summed E-state index contributed by atoms with van der Waals surface area (Å²) in [4.78, 5) is 0. The summed E-state index contributed by atoms with van der Waals surface area (Å²) in [6, 6.07) is 6.07. The molecule has 1 unspecified atom stereocenters. The Bertz CT molecular complexity index is 571. The van der Waals surface area contributed by atoms with Crippen LogP contribution in [0.2, 0.25) is 0 Å². The van der Waals surface area contributed by atoms with Crippen molar-refractivity contribution in [1.82, 2.24) is 0 Å². The highest BCUT2D eigenvalue weighted by Gasteiger charge is 2.33. The van der Waals surface area contributed by atoms with E-state index in [-0.39, 0.29) is 12.7 Å². The Kier molecular flexibility index (Phi) is 8.43. The van der Waals surface area contributed by atoms with Gasteiger partial charge < -0.3 is 20.3 Å². The number of hydrogen-bond donors (Lipinski definition) is 2. The summed E-state index contributed by atoms with van der Waals surface area (Å²) >= 11 is 0. The molecule has 0 saturated heterocycles. The lowest BCUT2D eigenvalue weighted by atomic mass is 9.87. The molecule has 0 heterocycles. The minimum atomic E-state index is -0.480. The molecule has 0 radical (unpaired) electrons. The average molecular weight is 378 g/mol. The molecule has 2 rings (SSSR count). The van der Waals surface area contributed by atoms with Crippen LogP contribution in [-0.4, -0.2) is 30.5 Å². The molecule has 27 heavy (non-hydrogen) atoms. The predicted molar refractivity (Wildman–Crippen MR) is 111 cm³/mol. The van der Waals surface area contributed by atoms with Crippen molar-refractivity contribution < 1.29 is 14.6 Å². The number of aliphatic hydroxyl groups excluding tert-OH is 1. The number of rotatable bonds is 13. The number of ether oxygens (including phenoxy) is 2. The maximum atomic E-state index is 9.74. The Morgan fingerprint density at radius 2 is 1.96 bits per heavy atom. The van der Waals surface area contributed by atoms with E-state index in [2.05, 4.69) is 26.8 Å². The van der Waals surface area contributed by atoms with E-state index in [9.17, 15) is 5.11 Å². The molecule has 1 aromatic carbocycles. The number of hydrogen-bond acceptors (Lipinski definition) is 4. The van der Waals surface area contributed by atoms with Crippen molar-refractivity contribution >= 4 is 0 Å². The molecular weight excluding hydrogens is 338 g/mol. The third-order valence-electron chi connectivity index (χ3n) is 5.59. The minimum absolute atomic E-state index is 0.0426. The van der Waals surface area contributed by atoms with Gasteiger partial charge in [0.05, 0.1) is 19.8 Å². The van der Waals surface area contributed by atoms with E-state index in [0.29, 0.717) is 5.92 Å². The molecule has 4 nitrogen and oxygen atoms in total. The summed E-state index contributed by atoms with van der Waals surface area (Å²) in [5.41, 5.74) is 7.07. The zero-order valence-corrected chi connectivity index (χ0v) is 17.7. The van der Waals surface area contributed by atoms with E-state index in [0.717, 1.165) is 48.7 Å². The average Bonchev–Trinajstić information content (AvgIpc) is 3.44. The monoisotopic (exact) mass is 377 g/mol. The molecule has 0 aliphatic heterocycles. The second kappa shape index (κ2) is 10.3. The summed E-state index contributed by atoms with van der Waals surface area (Å²) < 4.78 is 11.7. The second-order valence-corrected chi connectivity index (χ2v) is 8.89. The van der Waals surface area contributed by atoms with Gasteiger partial charge in [-0.3, -0.25) is 0 Å². The van der Waals surface area contributed by atoms with Gasteiger partial charge in [-0.05, 0) is 62.5 Å². The number of benzene rings is 1. The highest BCUT2D eigenvalue weighted by molar-refractivity contribution is 5.41. The van der Waals surface area contributed by atoms with Crippen LogP contribution < -0.4 is 15.2 Å². The first-order chi connectivity index (χ1) is 12.8. The van der Waals surface area contributed by atoms with Crippen LogP contribution >= 0.6 is 0 Å². The Balaban J connectivity index is 1.90. The third kappa shape index (κ3) is 7.71. The van der Waals surface area contributed by atoms with Gasteiger partial charge in [0.2, 0.25) is 0 Å². The van der Waals surface area contributed by atoms with Crippen LogP contribution in [-0.2, 0) is 6.42 Å². The predicted octanol–water partition coefficient (Wildman–Crippen LogP) is 4.71. The Morgan fingerprint density at radius 1 is 1.22 bits per heavy atom. The minimum Gasteiger partial charge on any atom is -0.496 e. The number of aliphatic hydroxyl groups is 1.